The Morgan fingerprint density at radius 1 is 1.00 bits per heavy atom. The van der Waals surface area contributed by atoms with Crippen LogP contribution in [0.25, 0.3) is 16.3 Å². The van der Waals surface area contributed by atoms with Gasteiger partial charge in [0.25, 0.3) is 0 Å². The highest BCUT2D eigenvalue weighted by molar-refractivity contribution is 5.97. The molecule has 3 aliphatic heterocycles. The number of carbonyl (C=O) groups excluding carboxylic acids is 1. The first kappa shape index (κ1) is 24.5. The summed E-state index contributed by atoms with van der Waals surface area (Å²) in [5.41, 5.74) is 5.96. The van der Waals surface area contributed by atoms with Crippen LogP contribution in [0.5, 0.6) is 11.5 Å². The van der Waals surface area contributed by atoms with E-state index in [1.165, 1.54) is 10.8 Å². The number of nitrogens with one attached hydrogen (secondary N) is 1. The summed E-state index contributed by atoms with van der Waals surface area (Å²) in [7, 11) is 2.15. The Hall–Kier alpha value is -4.52. The van der Waals surface area contributed by atoms with Gasteiger partial charge in [-0.3, -0.25) is 0 Å². The third-order valence-corrected chi connectivity index (χ3v) is 8.28. The highest BCUT2D eigenvalue weighted by atomic mass is 16.7. The molecule has 0 bridgehead atoms. The van der Waals surface area contributed by atoms with Crippen LogP contribution in [-0.2, 0) is 11.2 Å². The molecule has 40 heavy (non-hydrogen) atoms. The summed E-state index contributed by atoms with van der Waals surface area (Å²) in [6.45, 7) is 4.43. The Balaban J connectivity index is 1.33. The third kappa shape index (κ3) is 4.31. The minimum absolute atomic E-state index is 0.158. The van der Waals surface area contributed by atoms with Crippen LogP contribution >= 0.6 is 0 Å². The molecule has 8 heteroatoms. The number of imidazole rings is 1. The number of nitrogens with zero attached hydrogens (tertiary/aromatic N) is 4. The van der Waals surface area contributed by atoms with Crippen LogP contribution in [0.3, 0.4) is 0 Å². The second-order valence-electron chi connectivity index (χ2n) is 10.6. The predicted octanol–water partition coefficient (Wildman–Crippen LogP) is 4.27. The smallest absolute Gasteiger partial charge is 0.231 e. The summed E-state index contributed by atoms with van der Waals surface area (Å²) in [5, 5.41) is 2.37. The molecule has 3 aromatic carbocycles. The van der Waals surface area contributed by atoms with Crippen LogP contribution in [0.15, 0.2) is 84.6 Å². The van der Waals surface area contributed by atoms with Gasteiger partial charge in [-0.2, -0.15) is 0 Å². The SMILES string of the molecule is CN1CCN(C2=C(c3cccc4ccccc34)CN(C(Cc3ccc4c(c3)OCO4)c3cnc[nH]3)C2=C=O)CC1. The Morgan fingerprint density at radius 2 is 1.82 bits per heavy atom. The minimum Gasteiger partial charge on any atom is -0.454 e. The van der Waals surface area contributed by atoms with Crippen LogP contribution in [0.1, 0.15) is 22.9 Å². The average Bonchev–Trinajstić information content (AvgIpc) is 3.76. The molecule has 0 aliphatic carbocycles. The number of hydrogen-bond donors (Lipinski definition) is 1. The standard InChI is InChI=1S/C32H31N5O3/c1-35-11-13-36(14-12-35)32-26(25-8-4-6-23-5-2-3-7-24(23)25)18-37(29(32)19-38)28(27-17-33-20-34-27)15-22-9-10-30-31(16-22)40-21-39-30/h2-10,16-17,20,28H,11-15,18,21H2,1H3,(H,33,34). The fourth-order valence-electron chi connectivity index (χ4n) is 6.18. The molecule has 4 aromatic rings. The fraction of sp³-hybridized carbons (Fsp3) is 0.281. The predicted molar refractivity (Wildman–Crippen MR) is 153 cm³/mol. The molecule has 1 aromatic heterocycles. The lowest BCUT2D eigenvalue weighted by atomic mass is 9.97. The van der Waals surface area contributed by atoms with Crippen LogP contribution in [-0.4, -0.2) is 77.2 Å². The van der Waals surface area contributed by atoms with E-state index in [9.17, 15) is 4.79 Å². The van der Waals surface area contributed by atoms with Crippen molar-refractivity contribution in [3.8, 4) is 11.5 Å². The summed E-state index contributed by atoms with van der Waals surface area (Å²) in [5.74, 6) is 3.90. The molecule has 0 spiro atoms. The van der Waals surface area contributed by atoms with Crippen molar-refractivity contribution in [2.45, 2.75) is 12.5 Å². The number of rotatable bonds is 6. The maximum atomic E-state index is 12.9. The molecular weight excluding hydrogens is 502 g/mol. The maximum absolute atomic E-state index is 12.9. The first-order valence-corrected chi connectivity index (χ1v) is 13.7. The van der Waals surface area contributed by atoms with Crippen LogP contribution < -0.4 is 9.47 Å². The lowest BCUT2D eigenvalue weighted by Gasteiger charge is -2.36. The molecule has 1 unspecified atom stereocenters. The minimum atomic E-state index is -0.158. The summed E-state index contributed by atoms with van der Waals surface area (Å²) in [6, 6.07) is 20.8. The van der Waals surface area contributed by atoms with Gasteiger partial charge in [-0.1, -0.05) is 48.5 Å². The van der Waals surface area contributed by atoms with Gasteiger partial charge in [0.1, 0.15) is 5.70 Å². The third-order valence-electron chi connectivity index (χ3n) is 8.28. The average molecular weight is 534 g/mol. The van der Waals surface area contributed by atoms with E-state index >= 15 is 0 Å². The van der Waals surface area contributed by atoms with Crippen molar-refractivity contribution in [1.82, 2.24) is 24.7 Å². The number of benzene rings is 3. The van der Waals surface area contributed by atoms with Crippen molar-refractivity contribution in [3.05, 3.63) is 101 Å². The van der Waals surface area contributed by atoms with Gasteiger partial charge in [-0.25, -0.2) is 9.78 Å². The molecule has 0 saturated carbocycles. The zero-order valence-corrected chi connectivity index (χ0v) is 22.5. The highest BCUT2D eigenvalue weighted by Crippen LogP contribution is 2.43. The van der Waals surface area contributed by atoms with E-state index in [0.29, 0.717) is 18.7 Å². The zero-order valence-electron chi connectivity index (χ0n) is 22.5. The van der Waals surface area contributed by atoms with Crippen molar-refractivity contribution in [2.75, 3.05) is 46.6 Å². The van der Waals surface area contributed by atoms with Crippen molar-refractivity contribution < 1.29 is 14.3 Å². The van der Waals surface area contributed by atoms with E-state index in [1.807, 2.05) is 18.3 Å². The molecule has 1 fully saturated rings. The number of H-pyrrole nitrogens is 1. The Bertz CT molecular complexity index is 1630. The van der Waals surface area contributed by atoms with E-state index in [2.05, 4.69) is 86.2 Å². The molecule has 3 aliphatic rings. The Labute approximate surface area is 233 Å². The first-order chi connectivity index (χ1) is 19.7. The molecule has 0 radical (unpaired) electrons. The lowest BCUT2D eigenvalue weighted by Crippen LogP contribution is -2.44. The molecule has 1 saturated heterocycles. The zero-order chi connectivity index (χ0) is 27.1. The largest absolute Gasteiger partial charge is 0.454 e. The van der Waals surface area contributed by atoms with Crippen molar-refractivity contribution in [2.24, 2.45) is 0 Å². The molecule has 1 atom stereocenters. The Morgan fingerprint density at radius 3 is 2.65 bits per heavy atom. The summed E-state index contributed by atoms with van der Waals surface area (Å²) < 4.78 is 11.2. The fourth-order valence-corrected chi connectivity index (χ4v) is 6.18. The van der Waals surface area contributed by atoms with Gasteiger partial charge in [-0.05, 0) is 47.5 Å². The van der Waals surface area contributed by atoms with Gasteiger partial charge in [0.05, 0.1) is 30.0 Å². The van der Waals surface area contributed by atoms with Gasteiger partial charge in [0, 0.05) is 38.3 Å². The number of piperazine rings is 1. The van der Waals surface area contributed by atoms with Gasteiger partial charge in [0.15, 0.2) is 17.4 Å². The van der Waals surface area contributed by atoms with Gasteiger partial charge in [-0.15, -0.1) is 0 Å². The molecule has 0 amide bonds. The molecule has 7 rings (SSSR count). The lowest BCUT2D eigenvalue weighted by molar-refractivity contribution is 0.174. The molecular formula is C32H31N5O3. The van der Waals surface area contributed by atoms with Crippen LogP contribution in [0.4, 0.5) is 0 Å². The van der Waals surface area contributed by atoms with Crippen molar-refractivity contribution >= 4 is 22.3 Å². The van der Waals surface area contributed by atoms with Gasteiger partial charge in [0.2, 0.25) is 6.79 Å². The quantitative estimate of drug-likeness (QED) is 0.371. The van der Waals surface area contributed by atoms with Crippen molar-refractivity contribution in [1.29, 1.82) is 0 Å². The molecule has 202 valence electrons. The maximum Gasteiger partial charge on any atom is 0.231 e. The summed E-state index contributed by atoms with van der Waals surface area (Å²) >= 11 is 0. The molecule has 4 heterocycles. The highest BCUT2D eigenvalue weighted by Gasteiger charge is 2.38. The molecule has 8 nitrogen and oxygen atoms in total. The number of likely N-dealkylation sites (N-methyl/N-ethyl adjacent to an activating group) is 1. The van der Waals surface area contributed by atoms with Crippen LogP contribution in [0.2, 0.25) is 0 Å². The van der Waals surface area contributed by atoms with Gasteiger partial charge >= 0.3 is 0 Å². The number of fused-ring (bicyclic) bond motifs is 2. The number of ether oxygens (including phenoxy) is 2. The number of aromatic amines is 1. The number of aromatic nitrogens is 2. The first-order valence-electron chi connectivity index (χ1n) is 13.7. The van der Waals surface area contributed by atoms with Gasteiger partial charge < -0.3 is 29.2 Å². The van der Waals surface area contributed by atoms with E-state index in [4.69, 9.17) is 9.47 Å². The van der Waals surface area contributed by atoms with E-state index in [-0.39, 0.29) is 12.8 Å². The monoisotopic (exact) mass is 533 g/mol. The summed E-state index contributed by atoms with van der Waals surface area (Å²) in [6.07, 6.45) is 4.21. The summed E-state index contributed by atoms with van der Waals surface area (Å²) in [4.78, 5) is 27.5. The van der Waals surface area contributed by atoms with E-state index in [1.54, 1.807) is 6.33 Å². The van der Waals surface area contributed by atoms with Crippen molar-refractivity contribution in [3.63, 3.8) is 0 Å². The second kappa shape index (κ2) is 10.2. The van der Waals surface area contributed by atoms with Crippen LogP contribution in [0, 0.1) is 0 Å². The second-order valence-corrected chi connectivity index (χ2v) is 10.6. The van der Waals surface area contributed by atoms with E-state index < -0.39 is 0 Å². The number of hydrogen-bond acceptors (Lipinski definition) is 7. The van der Waals surface area contributed by atoms with E-state index in [0.717, 1.165) is 65.8 Å². The molecule has 1 N–H and O–H groups in total. The topological polar surface area (TPSA) is 73.9 Å². The Kier molecular flexibility index (Phi) is 6.27. The normalized spacial score (nSPS) is 18.1.